The molecule has 0 fully saturated rings. The van der Waals surface area contributed by atoms with Gasteiger partial charge in [0.15, 0.2) is 11.5 Å². The molecular weight excluding hydrogens is 380 g/mol. The summed E-state index contributed by atoms with van der Waals surface area (Å²) in [5.41, 5.74) is 2.12. The zero-order valence-electron chi connectivity index (χ0n) is 17.3. The van der Waals surface area contributed by atoms with E-state index < -0.39 is 0 Å². The van der Waals surface area contributed by atoms with Crippen LogP contribution in [-0.4, -0.2) is 42.6 Å². The minimum atomic E-state index is 0.571. The molecular formula is C22H26N6O2. The molecule has 0 atom stereocenters. The molecule has 0 aliphatic rings. The van der Waals surface area contributed by atoms with Gasteiger partial charge >= 0.3 is 0 Å². The number of hydrogen-bond acceptors (Lipinski definition) is 5. The first kappa shape index (κ1) is 19.8. The molecule has 8 heteroatoms. The van der Waals surface area contributed by atoms with E-state index in [4.69, 9.17) is 9.47 Å². The number of hydrogen-bond donors (Lipinski definition) is 0. The van der Waals surface area contributed by atoms with Crippen LogP contribution >= 0.6 is 0 Å². The smallest absolute Gasteiger partial charge is 0.172 e. The predicted octanol–water partition coefficient (Wildman–Crippen LogP) is 3.20. The average Bonchev–Trinajstić information content (AvgIpc) is 3.52. The first-order valence-electron chi connectivity index (χ1n) is 9.99. The van der Waals surface area contributed by atoms with Gasteiger partial charge < -0.3 is 18.6 Å². The molecule has 0 saturated carbocycles. The summed E-state index contributed by atoms with van der Waals surface area (Å²) in [6.07, 6.45) is 15.0. The van der Waals surface area contributed by atoms with Gasteiger partial charge in [0.25, 0.3) is 0 Å². The van der Waals surface area contributed by atoms with Crippen LogP contribution in [0.3, 0.4) is 0 Å². The summed E-state index contributed by atoms with van der Waals surface area (Å²) < 4.78 is 17.7. The van der Waals surface area contributed by atoms with E-state index in [2.05, 4.69) is 19.6 Å². The van der Waals surface area contributed by atoms with Gasteiger partial charge in [-0.2, -0.15) is 5.10 Å². The van der Waals surface area contributed by atoms with Crippen molar-refractivity contribution in [1.29, 1.82) is 0 Å². The maximum absolute atomic E-state index is 6.18. The van der Waals surface area contributed by atoms with Crippen molar-refractivity contribution in [2.24, 2.45) is 7.05 Å². The highest BCUT2D eigenvalue weighted by Crippen LogP contribution is 2.37. The molecule has 8 nitrogen and oxygen atoms in total. The van der Waals surface area contributed by atoms with Gasteiger partial charge in [-0.15, -0.1) is 0 Å². The summed E-state index contributed by atoms with van der Waals surface area (Å²) in [7, 11) is 3.59. The van der Waals surface area contributed by atoms with E-state index in [1.54, 1.807) is 13.3 Å². The fraction of sp³-hybridized carbons (Fsp3) is 0.318. The zero-order valence-corrected chi connectivity index (χ0v) is 17.3. The highest BCUT2D eigenvalue weighted by atomic mass is 16.5. The maximum Gasteiger partial charge on any atom is 0.172 e. The summed E-state index contributed by atoms with van der Waals surface area (Å²) in [5.74, 6) is 2.29. The summed E-state index contributed by atoms with van der Waals surface area (Å²) in [6.45, 7) is 2.23. The second-order valence-electron chi connectivity index (χ2n) is 7.06. The van der Waals surface area contributed by atoms with Gasteiger partial charge in [0.2, 0.25) is 0 Å². The Morgan fingerprint density at radius 3 is 2.80 bits per heavy atom. The van der Waals surface area contributed by atoms with Crippen molar-refractivity contribution in [3.05, 3.63) is 67.3 Å². The second kappa shape index (κ2) is 9.30. The number of benzene rings is 1. The number of aryl methyl sites for hydroxylation is 4. The molecule has 4 aromatic rings. The van der Waals surface area contributed by atoms with Gasteiger partial charge in [0, 0.05) is 51.1 Å². The van der Waals surface area contributed by atoms with E-state index in [0.717, 1.165) is 43.1 Å². The van der Waals surface area contributed by atoms with Crippen molar-refractivity contribution in [2.75, 3.05) is 13.7 Å². The molecule has 30 heavy (non-hydrogen) atoms. The third kappa shape index (κ3) is 4.53. The summed E-state index contributed by atoms with van der Waals surface area (Å²) in [6, 6.07) is 5.90. The molecule has 3 heterocycles. The Morgan fingerprint density at radius 1 is 1.10 bits per heavy atom. The van der Waals surface area contributed by atoms with Gasteiger partial charge in [-0.1, -0.05) is 6.07 Å². The monoisotopic (exact) mass is 406 g/mol. The fourth-order valence-electron chi connectivity index (χ4n) is 3.43. The summed E-state index contributed by atoms with van der Waals surface area (Å²) in [4.78, 5) is 8.67. The van der Waals surface area contributed by atoms with Crippen molar-refractivity contribution in [3.63, 3.8) is 0 Å². The summed E-state index contributed by atoms with van der Waals surface area (Å²) >= 11 is 0. The van der Waals surface area contributed by atoms with Gasteiger partial charge in [-0.25, -0.2) is 9.97 Å². The Balaban J connectivity index is 1.50. The average molecular weight is 406 g/mol. The zero-order chi connectivity index (χ0) is 20.8. The van der Waals surface area contributed by atoms with E-state index in [-0.39, 0.29) is 0 Å². The van der Waals surface area contributed by atoms with Gasteiger partial charge in [0.1, 0.15) is 5.82 Å². The maximum atomic E-state index is 6.18. The molecule has 0 aliphatic carbocycles. The number of ether oxygens (including phenoxy) is 2. The van der Waals surface area contributed by atoms with Crippen LogP contribution in [0.2, 0.25) is 0 Å². The van der Waals surface area contributed by atoms with E-state index in [1.807, 2.05) is 71.8 Å². The van der Waals surface area contributed by atoms with E-state index in [1.165, 1.54) is 5.56 Å². The number of imidazole rings is 2. The van der Waals surface area contributed by atoms with Gasteiger partial charge in [-0.05, 0) is 30.5 Å². The third-order valence-corrected chi connectivity index (χ3v) is 4.92. The van der Waals surface area contributed by atoms with Crippen LogP contribution in [0.25, 0.3) is 11.4 Å². The molecule has 0 saturated heterocycles. The Hall–Kier alpha value is -3.55. The number of para-hydroxylation sites is 1. The molecule has 0 bridgehead atoms. The van der Waals surface area contributed by atoms with Crippen LogP contribution in [0.15, 0.2) is 61.7 Å². The lowest BCUT2D eigenvalue weighted by atomic mass is 10.1. The van der Waals surface area contributed by atoms with Crippen molar-refractivity contribution < 1.29 is 9.47 Å². The van der Waals surface area contributed by atoms with Crippen molar-refractivity contribution in [3.8, 4) is 22.9 Å². The van der Waals surface area contributed by atoms with Crippen LogP contribution in [0, 0.1) is 0 Å². The van der Waals surface area contributed by atoms with Gasteiger partial charge in [0.05, 0.1) is 31.8 Å². The Bertz CT molecular complexity index is 1070. The SMILES string of the molecule is COc1cccc(-c2nccn2CCc2cnn(C)c2)c1OCCCn1ccnc1. The minimum Gasteiger partial charge on any atom is -0.493 e. The minimum absolute atomic E-state index is 0.571. The highest BCUT2D eigenvalue weighted by molar-refractivity contribution is 5.69. The quantitative estimate of drug-likeness (QED) is 0.378. The van der Waals surface area contributed by atoms with Crippen LogP contribution in [0.5, 0.6) is 11.5 Å². The van der Waals surface area contributed by atoms with Gasteiger partial charge in [-0.3, -0.25) is 4.68 Å². The highest BCUT2D eigenvalue weighted by Gasteiger charge is 2.16. The van der Waals surface area contributed by atoms with Crippen LogP contribution in [0.4, 0.5) is 0 Å². The third-order valence-electron chi connectivity index (χ3n) is 4.92. The van der Waals surface area contributed by atoms with E-state index >= 15 is 0 Å². The number of methoxy groups -OCH3 is 1. The largest absolute Gasteiger partial charge is 0.493 e. The second-order valence-corrected chi connectivity index (χ2v) is 7.06. The molecule has 156 valence electrons. The lowest BCUT2D eigenvalue weighted by Gasteiger charge is -2.16. The van der Waals surface area contributed by atoms with Crippen molar-refractivity contribution in [2.45, 2.75) is 25.9 Å². The Kier molecular flexibility index (Phi) is 6.12. The van der Waals surface area contributed by atoms with Crippen LogP contribution in [0.1, 0.15) is 12.0 Å². The summed E-state index contributed by atoms with van der Waals surface area (Å²) in [5, 5.41) is 4.24. The predicted molar refractivity (Wildman–Crippen MR) is 113 cm³/mol. The molecule has 0 N–H and O–H groups in total. The fourth-order valence-corrected chi connectivity index (χ4v) is 3.43. The Labute approximate surface area is 175 Å². The number of nitrogens with zero attached hydrogens (tertiary/aromatic N) is 6. The lowest BCUT2D eigenvalue weighted by molar-refractivity contribution is 0.283. The number of aromatic nitrogens is 6. The topological polar surface area (TPSA) is 71.9 Å². The Morgan fingerprint density at radius 2 is 2.03 bits per heavy atom. The number of rotatable bonds is 10. The molecule has 0 aliphatic heterocycles. The molecule has 0 unspecified atom stereocenters. The van der Waals surface area contributed by atoms with Crippen LogP contribution < -0.4 is 9.47 Å². The van der Waals surface area contributed by atoms with E-state index in [9.17, 15) is 0 Å². The van der Waals surface area contributed by atoms with Crippen molar-refractivity contribution in [1.82, 2.24) is 28.9 Å². The normalized spacial score (nSPS) is 11.0. The first-order valence-corrected chi connectivity index (χ1v) is 9.99. The van der Waals surface area contributed by atoms with Crippen LogP contribution in [-0.2, 0) is 26.6 Å². The molecule has 1 aromatic carbocycles. The van der Waals surface area contributed by atoms with Crippen molar-refractivity contribution >= 4 is 0 Å². The standard InChI is InChI=1S/C22H26N6O2/c1-26-16-18(15-25-26)7-11-28-13-9-24-22(28)19-5-3-6-20(29-2)21(19)30-14-4-10-27-12-8-23-17-27/h3,5-6,8-9,12-13,15-17H,4,7,10-11,14H2,1-2H3. The molecule has 0 amide bonds. The molecule has 0 spiro atoms. The molecule has 3 aromatic heterocycles. The molecule has 4 rings (SSSR count). The van der Waals surface area contributed by atoms with E-state index in [0.29, 0.717) is 12.4 Å². The first-order chi connectivity index (χ1) is 14.7. The molecule has 0 radical (unpaired) electrons. The lowest BCUT2D eigenvalue weighted by Crippen LogP contribution is -2.07.